The third kappa shape index (κ3) is 4.76. The first-order valence-electron chi connectivity index (χ1n) is 11.0. The molecule has 0 amide bonds. The molecule has 176 valence electrons. The van der Waals surface area contributed by atoms with Gasteiger partial charge in [-0.05, 0) is 41.4 Å². The fourth-order valence-electron chi connectivity index (χ4n) is 3.98. The lowest BCUT2D eigenvalue weighted by atomic mass is 10.0. The number of hydrogen-bond acceptors (Lipinski definition) is 6. The van der Waals surface area contributed by atoms with Crippen LogP contribution >= 0.6 is 11.8 Å². The van der Waals surface area contributed by atoms with Gasteiger partial charge in [0.05, 0.1) is 16.8 Å². The highest BCUT2D eigenvalue weighted by Crippen LogP contribution is 2.34. The summed E-state index contributed by atoms with van der Waals surface area (Å²) in [5.41, 5.74) is 4.65. The van der Waals surface area contributed by atoms with Gasteiger partial charge in [-0.2, -0.15) is 0 Å². The van der Waals surface area contributed by atoms with E-state index >= 15 is 0 Å². The number of nitrogens with one attached hydrogen (secondary N) is 2. The first kappa shape index (κ1) is 22.7. The molecule has 0 fully saturated rings. The van der Waals surface area contributed by atoms with Crippen LogP contribution in [-0.2, 0) is 10.5 Å². The Morgan fingerprint density at radius 2 is 1.83 bits per heavy atom. The predicted molar refractivity (Wildman–Crippen MR) is 133 cm³/mol. The van der Waals surface area contributed by atoms with Crippen LogP contribution in [-0.4, -0.2) is 27.8 Å². The molecule has 3 N–H and O–H groups in total. The maximum atomic E-state index is 13.3. The summed E-state index contributed by atoms with van der Waals surface area (Å²) in [5, 5.41) is 17.8. The molecule has 0 unspecified atom stereocenters. The van der Waals surface area contributed by atoms with Gasteiger partial charge in [-0.3, -0.25) is 9.78 Å². The van der Waals surface area contributed by atoms with E-state index < -0.39 is 18.7 Å². The average molecular weight is 488 g/mol. The van der Waals surface area contributed by atoms with Crippen molar-refractivity contribution in [3.63, 3.8) is 0 Å². The van der Waals surface area contributed by atoms with E-state index in [0.29, 0.717) is 27.9 Å². The van der Waals surface area contributed by atoms with Crippen molar-refractivity contribution in [2.75, 3.05) is 11.9 Å². The van der Waals surface area contributed by atoms with Gasteiger partial charge in [0, 0.05) is 10.9 Å². The Morgan fingerprint density at radius 1 is 1.09 bits per heavy atom. The number of aromatic nitrogens is 3. The van der Waals surface area contributed by atoms with Gasteiger partial charge in [0.1, 0.15) is 5.75 Å². The van der Waals surface area contributed by atoms with Crippen LogP contribution in [0, 0.1) is 6.92 Å². The summed E-state index contributed by atoms with van der Waals surface area (Å²) < 4.78 is 7.21. The third-order valence-corrected chi connectivity index (χ3v) is 6.58. The Hall–Kier alpha value is -4.11. The standard InChI is InChI=1S/C26H22N4O4S/c1-16-10-12-17(13-11-16)15-35-26-28-25(33)23-18-6-2-4-8-20(18)27-24(30(23)29-26)19-7-3-5-9-21(19)34-14-22(31)32/h2-13,24H,14-15H2,1H3,(H2,28,29,31,32,33)/p+1/t24-/m1/s1. The number of para-hydroxylation sites is 2. The van der Waals surface area contributed by atoms with Crippen molar-refractivity contribution in [3.8, 4) is 17.0 Å². The number of aromatic amines is 1. The minimum absolute atomic E-state index is 0.255. The molecule has 1 aliphatic heterocycles. The number of H-pyrrole nitrogens is 1. The zero-order chi connectivity index (χ0) is 24.4. The number of carboxylic acids is 1. The van der Waals surface area contributed by atoms with Crippen LogP contribution in [0.2, 0.25) is 0 Å². The average Bonchev–Trinajstić information content (AvgIpc) is 2.86. The fourth-order valence-corrected chi connectivity index (χ4v) is 4.78. The van der Waals surface area contributed by atoms with E-state index in [2.05, 4.69) is 34.6 Å². The first-order chi connectivity index (χ1) is 17.0. The van der Waals surface area contributed by atoms with Gasteiger partial charge in [-0.1, -0.05) is 65.9 Å². The lowest BCUT2D eigenvalue weighted by molar-refractivity contribution is -0.759. The zero-order valence-electron chi connectivity index (χ0n) is 18.9. The summed E-state index contributed by atoms with van der Waals surface area (Å²) in [6.45, 7) is 1.57. The van der Waals surface area contributed by atoms with Crippen molar-refractivity contribution in [2.24, 2.45) is 0 Å². The maximum Gasteiger partial charge on any atom is 0.341 e. The number of carboxylic acid groups (broad SMARTS) is 1. The van der Waals surface area contributed by atoms with Crippen molar-refractivity contribution in [1.29, 1.82) is 0 Å². The summed E-state index contributed by atoms with van der Waals surface area (Å²) in [7, 11) is 0. The van der Waals surface area contributed by atoms with Crippen molar-refractivity contribution in [2.45, 2.75) is 24.0 Å². The molecule has 1 atom stereocenters. The van der Waals surface area contributed by atoms with Crippen molar-refractivity contribution in [1.82, 2.24) is 10.1 Å². The summed E-state index contributed by atoms with van der Waals surface area (Å²) in [5.74, 6) is -0.0180. The number of thioether (sulfide) groups is 1. The second-order valence-corrected chi connectivity index (χ2v) is 9.10. The molecule has 0 radical (unpaired) electrons. The summed E-state index contributed by atoms with van der Waals surface area (Å²) in [6, 6.07) is 22.9. The topological polar surface area (TPSA) is 108 Å². The number of ether oxygens (including phenoxy) is 1. The van der Waals surface area contributed by atoms with Crippen molar-refractivity contribution >= 4 is 23.4 Å². The number of benzene rings is 3. The maximum absolute atomic E-state index is 13.3. The van der Waals surface area contributed by atoms with Gasteiger partial charge in [-0.15, -0.1) is 0 Å². The molecule has 0 saturated heterocycles. The van der Waals surface area contributed by atoms with Gasteiger partial charge < -0.3 is 15.2 Å². The number of rotatable bonds is 7. The molecule has 0 aliphatic carbocycles. The second-order valence-electron chi connectivity index (χ2n) is 8.14. The van der Waals surface area contributed by atoms with Gasteiger partial charge in [0.25, 0.3) is 6.17 Å². The Balaban J connectivity index is 1.57. The minimum atomic E-state index is -1.07. The van der Waals surface area contributed by atoms with E-state index in [-0.39, 0.29) is 5.56 Å². The molecule has 5 rings (SSSR count). The highest BCUT2D eigenvalue weighted by molar-refractivity contribution is 7.98. The lowest BCUT2D eigenvalue weighted by Crippen LogP contribution is -2.55. The quantitative estimate of drug-likeness (QED) is 0.269. The van der Waals surface area contributed by atoms with E-state index in [9.17, 15) is 9.59 Å². The van der Waals surface area contributed by atoms with E-state index in [4.69, 9.17) is 14.9 Å². The van der Waals surface area contributed by atoms with E-state index in [1.165, 1.54) is 17.3 Å². The van der Waals surface area contributed by atoms with Crippen molar-refractivity contribution in [3.05, 3.63) is 99.8 Å². The molecule has 0 bridgehead atoms. The molecule has 1 aromatic heterocycles. The van der Waals surface area contributed by atoms with Crippen LogP contribution in [0.25, 0.3) is 11.3 Å². The van der Waals surface area contributed by atoms with Gasteiger partial charge >= 0.3 is 17.2 Å². The number of carbonyl (C=O) groups is 1. The largest absolute Gasteiger partial charge is 0.481 e. The van der Waals surface area contributed by atoms with E-state index in [1.807, 2.05) is 43.3 Å². The molecule has 35 heavy (non-hydrogen) atoms. The summed E-state index contributed by atoms with van der Waals surface area (Å²) >= 11 is 1.44. The van der Waals surface area contributed by atoms with Gasteiger partial charge in [0.2, 0.25) is 5.16 Å². The molecule has 8 nitrogen and oxygen atoms in total. The van der Waals surface area contributed by atoms with Crippen LogP contribution in [0.15, 0.2) is 82.7 Å². The number of aliphatic carboxylic acids is 1. The second kappa shape index (κ2) is 9.63. The van der Waals surface area contributed by atoms with Crippen molar-refractivity contribution < 1.29 is 19.3 Å². The highest BCUT2D eigenvalue weighted by Gasteiger charge is 2.39. The Bertz CT molecular complexity index is 1450. The predicted octanol–water partition coefficient (Wildman–Crippen LogP) is 3.76. The zero-order valence-corrected chi connectivity index (χ0v) is 19.7. The van der Waals surface area contributed by atoms with Crippen LogP contribution in [0.5, 0.6) is 5.75 Å². The first-order valence-corrected chi connectivity index (χ1v) is 12.0. The number of nitrogens with zero attached hydrogens (tertiary/aromatic N) is 2. The Morgan fingerprint density at radius 3 is 2.63 bits per heavy atom. The highest BCUT2D eigenvalue weighted by atomic mass is 32.2. The van der Waals surface area contributed by atoms with Crippen LogP contribution < -0.4 is 20.3 Å². The monoisotopic (exact) mass is 487 g/mol. The molecule has 4 aromatic rings. The van der Waals surface area contributed by atoms with Gasteiger partial charge in [0.15, 0.2) is 6.61 Å². The number of anilines is 1. The van der Waals surface area contributed by atoms with Gasteiger partial charge in [-0.25, -0.2) is 4.79 Å². The Kier molecular flexibility index (Phi) is 6.24. The normalized spacial score (nSPS) is 13.9. The molecular formula is C26H23N4O4S+. The Labute approximate surface area is 205 Å². The molecule has 1 aliphatic rings. The fraction of sp³-hybridized carbons (Fsp3) is 0.154. The summed E-state index contributed by atoms with van der Waals surface area (Å²) in [4.78, 5) is 27.3. The lowest BCUT2D eigenvalue weighted by Gasteiger charge is -2.23. The van der Waals surface area contributed by atoms with Crippen LogP contribution in [0.3, 0.4) is 0 Å². The molecule has 0 saturated carbocycles. The van der Waals surface area contributed by atoms with Crippen LogP contribution in [0.1, 0.15) is 22.9 Å². The van der Waals surface area contributed by atoms with Crippen LogP contribution in [0.4, 0.5) is 5.69 Å². The molecule has 2 heterocycles. The number of fused-ring (bicyclic) bond motifs is 3. The smallest absolute Gasteiger partial charge is 0.341 e. The third-order valence-electron chi connectivity index (χ3n) is 5.64. The molecular weight excluding hydrogens is 464 g/mol. The summed E-state index contributed by atoms with van der Waals surface area (Å²) in [6.07, 6.45) is -0.578. The number of hydrogen-bond donors (Lipinski definition) is 3. The molecule has 3 aromatic carbocycles. The molecule has 0 spiro atoms. The van der Waals surface area contributed by atoms with E-state index in [0.717, 1.165) is 16.8 Å². The molecule has 9 heteroatoms. The SMILES string of the molecule is Cc1ccc(CSc2n[n+]3c(c(=O)[nH]2)-c2ccccc2N[C@H]3c2ccccc2OCC(=O)O)cc1. The minimum Gasteiger partial charge on any atom is -0.481 e. The van der Waals surface area contributed by atoms with E-state index in [1.54, 1.807) is 16.8 Å². The number of aryl methyl sites for hydroxylation is 1.